The second-order valence-corrected chi connectivity index (χ2v) is 2.74. The Morgan fingerprint density at radius 3 is 1.73 bits per heavy atom. The van der Waals surface area contributed by atoms with Gasteiger partial charge in [0.05, 0.1) is 0 Å². The third-order valence-corrected chi connectivity index (χ3v) is 1.69. The lowest BCUT2D eigenvalue weighted by atomic mass is 10.5. The average molecular weight is 202 g/mol. The summed E-state index contributed by atoms with van der Waals surface area (Å²) in [6, 6.07) is 10.9. The number of aromatic nitrogens is 2. The Morgan fingerprint density at radius 2 is 1.33 bits per heavy atom. The molecular weight excluding hydrogens is 192 g/mol. The molecule has 0 N–H and O–H groups in total. The van der Waals surface area contributed by atoms with E-state index in [1.807, 2.05) is 24.3 Å². The summed E-state index contributed by atoms with van der Waals surface area (Å²) in [5, 5.41) is 0. The fourth-order valence-corrected chi connectivity index (χ4v) is 1.02. The predicted octanol–water partition coefficient (Wildman–Crippen LogP) is 1.89. The molecule has 0 aromatic carbocycles. The molecule has 0 amide bonds. The largest absolute Gasteiger partial charge is 0.440 e. The van der Waals surface area contributed by atoms with Crippen LogP contribution in [0.25, 0.3) is 0 Å². The van der Waals surface area contributed by atoms with Crippen molar-refractivity contribution in [3.63, 3.8) is 0 Å². The van der Waals surface area contributed by atoms with Gasteiger partial charge in [0.15, 0.2) is 0 Å². The highest BCUT2D eigenvalue weighted by molar-refractivity contribution is 5.10. The molecule has 2 aromatic heterocycles. The first-order valence-electron chi connectivity index (χ1n) is 4.53. The third kappa shape index (κ3) is 2.95. The Hall–Kier alpha value is -2.10. The topological polar surface area (TPSA) is 44.2 Å². The Bertz CT molecular complexity index is 352. The fraction of sp³-hybridized carbons (Fsp3) is 0.0909. The van der Waals surface area contributed by atoms with Crippen molar-refractivity contribution in [1.29, 1.82) is 0 Å². The molecule has 2 heterocycles. The summed E-state index contributed by atoms with van der Waals surface area (Å²) in [6.45, 7) is 0.105. The zero-order valence-electron chi connectivity index (χ0n) is 8.04. The Morgan fingerprint density at radius 1 is 0.800 bits per heavy atom. The normalized spacial score (nSPS) is 9.60. The van der Waals surface area contributed by atoms with Crippen LogP contribution >= 0.6 is 0 Å². The molecule has 0 unspecified atom stereocenters. The lowest BCUT2D eigenvalue weighted by Gasteiger charge is -2.05. The number of hydrogen-bond donors (Lipinski definition) is 0. The monoisotopic (exact) mass is 202 g/mol. The molecule has 0 aliphatic rings. The van der Waals surface area contributed by atoms with Crippen molar-refractivity contribution in [3.8, 4) is 11.8 Å². The first kappa shape index (κ1) is 9.45. The molecule has 0 atom stereocenters. The number of ether oxygens (including phenoxy) is 2. The van der Waals surface area contributed by atoms with Gasteiger partial charge >= 0.3 is 0 Å². The summed E-state index contributed by atoms with van der Waals surface area (Å²) in [6.07, 6.45) is 3.33. The van der Waals surface area contributed by atoms with Crippen LogP contribution in [0.5, 0.6) is 11.8 Å². The maximum absolute atomic E-state index is 5.24. The van der Waals surface area contributed by atoms with Crippen LogP contribution < -0.4 is 9.47 Å². The predicted molar refractivity (Wildman–Crippen MR) is 54.6 cm³/mol. The number of hydrogen-bond acceptors (Lipinski definition) is 4. The minimum Gasteiger partial charge on any atom is -0.440 e. The van der Waals surface area contributed by atoms with E-state index in [1.54, 1.807) is 24.5 Å². The van der Waals surface area contributed by atoms with Crippen LogP contribution in [0, 0.1) is 0 Å². The molecule has 15 heavy (non-hydrogen) atoms. The van der Waals surface area contributed by atoms with E-state index in [0.29, 0.717) is 11.8 Å². The maximum atomic E-state index is 5.24. The van der Waals surface area contributed by atoms with E-state index in [-0.39, 0.29) is 6.79 Å². The minimum absolute atomic E-state index is 0.105. The lowest BCUT2D eigenvalue weighted by molar-refractivity contribution is 0.110. The smallest absolute Gasteiger partial charge is 0.234 e. The SMILES string of the molecule is c1ccc(OCOc2ccccn2)nc1. The van der Waals surface area contributed by atoms with E-state index in [4.69, 9.17) is 9.47 Å². The molecule has 0 aliphatic carbocycles. The number of rotatable bonds is 4. The van der Waals surface area contributed by atoms with Gasteiger partial charge in [0, 0.05) is 24.5 Å². The Balaban J connectivity index is 1.81. The summed E-state index contributed by atoms with van der Waals surface area (Å²) in [7, 11) is 0. The summed E-state index contributed by atoms with van der Waals surface area (Å²) in [5.41, 5.74) is 0. The molecular formula is C11H10N2O2. The van der Waals surface area contributed by atoms with Crippen molar-refractivity contribution in [1.82, 2.24) is 9.97 Å². The highest BCUT2D eigenvalue weighted by atomic mass is 16.7. The molecule has 0 bridgehead atoms. The van der Waals surface area contributed by atoms with Crippen LogP contribution in [-0.4, -0.2) is 16.8 Å². The summed E-state index contributed by atoms with van der Waals surface area (Å²) in [4.78, 5) is 7.97. The third-order valence-electron chi connectivity index (χ3n) is 1.69. The van der Waals surface area contributed by atoms with Crippen molar-refractivity contribution in [2.45, 2.75) is 0 Å². The second-order valence-electron chi connectivity index (χ2n) is 2.74. The van der Waals surface area contributed by atoms with Crippen LogP contribution in [0.3, 0.4) is 0 Å². The zero-order valence-corrected chi connectivity index (χ0v) is 8.04. The van der Waals surface area contributed by atoms with Gasteiger partial charge in [-0.1, -0.05) is 12.1 Å². The molecule has 0 fully saturated rings. The van der Waals surface area contributed by atoms with E-state index >= 15 is 0 Å². The molecule has 0 aliphatic heterocycles. The average Bonchev–Trinajstić information content (AvgIpc) is 2.32. The quantitative estimate of drug-likeness (QED) is 0.710. The van der Waals surface area contributed by atoms with Gasteiger partial charge in [-0.3, -0.25) is 0 Å². The van der Waals surface area contributed by atoms with Crippen LogP contribution in [0.1, 0.15) is 0 Å². The molecule has 0 saturated carbocycles. The molecule has 0 saturated heterocycles. The van der Waals surface area contributed by atoms with E-state index in [2.05, 4.69) is 9.97 Å². The number of nitrogens with zero attached hydrogens (tertiary/aromatic N) is 2. The van der Waals surface area contributed by atoms with E-state index in [9.17, 15) is 0 Å². The van der Waals surface area contributed by atoms with Crippen molar-refractivity contribution < 1.29 is 9.47 Å². The van der Waals surface area contributed by atoms with Gasteiger partial charge in [0.25, 0.3) is 0 Å². The Kier molecular flexibility index (Phi) is 3.12. The van der Waals surface area contributed by atoms with Gasteiger partial charge in [-0.2, -0.15) is 0 Å². The van der Waals surface area contributed by atoms with Gasteiger partial charge < -0.3 is 9.47 Å². The first-order valence-corrected chi connectivity index (χ1v) is 4.53. The molecule has 0 spiro atoms. The van der Waals surface area contributed by atoms with Crippen molar-refractivity contribution >= 4 is 0 Å². The van der Waals surface area contributed by atoms with Crippen LogP contribution in [-0.2, 0) is 0 Å². The first-order chi connectivity index (χ1) is 7.45. The molecule has 0 radical (unpaired) electrons. The standard InChI is InChI=1S/C11H10N2O2/c1-3-7-12-10(5-1)14-9-15-11-6-2-4-8-13-11/h1-8H,9H2. The summed E-state index contributed by atoms with van der Waals surface area (Å²) in [5.74, 6) is 1.07. The molecule has 4 heteroatoms. The van der Waals surface area contributed by atoms with Crippen LogP contribution in [0.2, 0.25) is 0 Å². The summed E-state index contributed by atoms with van der Waals surface area (Å²) < 4.78 is 10.5. The van der Waals surface area contributed by atoms with Crippen LogP contribution in [0.4, 0.5) is 0 Å². The fourth-order valence-electron chi connectivity index (χ4n) is 1.02. The maximum Gasteiger partial charge on any atom is 0.234 e. The van der Waals surface area contributed by atoms with E-state index < -0.39 is 0 Å². The number of pyridine rings is 2. The van der Waals surface area contributed by atoms with Gasteiger partial charge in [0.1, 0.15) is 0 Å². The van der Waals surface area contributed by atoms with Gasteiger partial charge in [-0.15, -0.1) is 0 Å². The highest BCUT2D eigenvalue weighted by Gasteiger charge is 1.94. The Labute approximate surface area is 87.5 Å². The highest BCUT2D eigenvalue weighted by Crippen LogP contribution is 2.06. The van der Waals surface area contributed by atoms with Gasteiger partial charge in [-0.05, 0) is 12.1 Å². The van der Waals surface area contributed by atoms with Crippen molar-refractivity contribution in [2.24, 2.45) is 0 Å². The lowest BCUT2D eigenvalue weighted by Crippen LogP contribution is -2.07. The van der Waals surface area contributed by atoms with Gasteiger partial charge in [0.2, 0.25) is 18.6 Å². The summed E-state index contributed by atoms with van der Waals surface area (Å²) >= 11 is 0. The van der Waals surface area contributed by atoms with Crippen molar-refractivity contribution in [2.75, 3.05) is 6.79 Å². The molecule has 4 nitrogen and oxygen atoms in total. The molecule has 76 valence electrons. The van der Waals surface area contributed by atoms with Gasteiger partial charge in [-0.25, -0.2) is 9.97 Å². The minimum atomic E-state index is 0.105. The van der Waals surface area contributed by atoms with Crippen molar-refractivity contribution in [3.05, 3.63) is 48.8 Å². The molecule has 2 rings (SSSR count). The van der Waals surface area contributed by atoms with Crippen LogP contribution in [0.15, 0.2) is 48.8 Å². The van der Waals surface area contributed by atoms with E-state index in [1.165, 1.54) is 0 Å². The second kappa shape index (κ2) is 4.95. The molecule has 2 aromatic rings. The zero-order chi connectivity index (χ0) is 10.3. The van der Waals surface area contributed by atoms with E-state index in [0.717, 1.165) is 0 Å².